The fourth-order valence-corrected chi connectivity index (χ4v) is 6.88. The van der Waals surface area contributed by atoms with E-state index in [-0.39, 0.29) is 35.5 Å². The highest BCUT2D eigenvalue weighted by atomic mass is 32.2. The van der Waals surface area contributed by atoms with E-state index in [0.29, 0.717) is 25.2 Å². The maximum Gasteiger partial charge on any atom is 0.243 e. The molecule has 9 heteroatoms. The van der Waals surface area contributed by atoms with Crippen molar-refractivity contribution in [3.8, 4) is 5.75 Å². The first kappa shape index (κ1) is 27.7. The van der Waals surface area contributed by atoms with E-state index in [1.807, 2.05) is 26.0 Å². The molecule has 0 aliphatic carbocycles. The quantitative estimate of drug-likeness (QED) is 0.472. The lowest BCUT2D eigenvalue weighted by atomic mass is 10.0. The van der Waals surface area contributed by atoms with Gasteiger partial charge in [-0.05, 0) is 69.6 Å². The van der Waals surface area contributed by atoms with Gasteiger partial charge >= 0.3 is 0 Å². The maximum atomic E-state index is 13.3. The molecular weight excluding hydrogens is 490 g/mol. The largest absolute Gasteiger partial charge is 0.497 e. The summed E-state index contributed by atoms with van der Waals surface area (Å²) in [4.78, 5) is 15.7. The van der Waals surface area contributed by atoms with Crippen molar-refractivity contribution in [1.82, 2.24) is 14.5 Å². The lowest BCUT2D eigenvalue weighted by molar-refractivity contribution is -0.0440. The number of Topliss-reactive ketones (excluding diaryl/α,β-unsaturated/α-hetero) is 1. The molecule has 0 amide bonds. The number of hydrogen-bond acceptors (Lipinski definition) is 7. The van der Waals surface area contributed by atoms with Crippen LogP contribution in [0.3, 0.4) is 0 Å². The Labute approximate surface area is 221 Å². The molecule has 2 aliphatic rings. The number of likely N-dealkylation sites (tertiary alicyclic amines) is 1. The number of hydrogen-bond donors (Lipinski definition) is 1. The van der Waals surface area contributed by atoms with Gasteiger partial charge in [-0.1, -0.05) is 30.7 Å². The molecule has 0 aromatic heterocycles. The minimum Gasteiger partial charge on any atom is -0.497 e. The average molecular weight is 530 g/mol. The summed E-state index contributed by atoms with van der Waals surface area (Å²) in [7, 11) is -2.05. The zero-order chi connectivity index (χ0) is 26.4. The summed E-state index contributed by atoms with van der Waals surface area (Å²) in [6.07, 6.45) is 3.25. The number of morpholine rings is 1. The van der Waals surface area contributed by atoms with Crippen molar-refractivity contribution in [3.05, 3.63) is 59.7 Å². The van der Waals surface area contributed by atoms with E-state index in [9.17, 15) is 13.2 Å². The molecule has 2 aliphatic heterocycles. The highest BCUT2D eigenvalue weighted by molar-refractivity contribution is 7.89. The summed E-state index contributed by atoms with van der Waals surface area (Å²) in [5, 5.41) is 3.34. The van der Waals surface area contributed by atoms with Crippen molar-refractivity contribution in [2.75, 3.05) is 46.4 Å². The molecule has 3 atom stereocenters. The van der Waals surface area contributed by atoms with Gasteiger partial charge in [-0.2, -0.15) is 4.31 Å². The third kappa shape index (κ3) is 6.97. The molecule has 2 saturated heterocycles. The number of ketones is 1. The summed E-state index contributed by atoms with van der Waals surface area (Å²) in [5.41, 5.74) is 1.58. The van der Waals surface area contributed by atoms with E-state index in [4.69, 9.17) is 9.47 Å². The molecule has 2 heterocycles. The van der Waals surface area contributed by atoms with Gasteiger partial charge in [-0.25, -0.2) is 8.42 Å². The van der Waals surface area contributed by atoms with Crippen molar-refractivity contribution >= 4 is 15.8 Å². The zero-order valence-corrected chi connectivity index (χ0v) is 22.9. The van der Waals surface area contributed by atoms with Crippen LogP contribution in [0.4, 0.5) is 0 Å². The molecule has 2 fully saturated rings. The van der Waals surface area contributed by atoms with Gasteiger partial charge in [0, 0.05) is 31.2 Å². The molecule has 8 nitrogen and oxygen atoms in total. The van der Waals surface area contributed by atoms with Crippen molar-refractivity contribution in [2.24, 2.45) is 0 Å². The van der Waals surface area contributed by atoms with Crippen LogP contribution in [0.2, 0.25) is 0 Å². The van der Waals surface area contributed by atoms with Crippen molar-refractivity contribution in [2.45, 2.75) is 56.3 Å². The van der Waals surface area contributed by atoms with Crippen LogP contribution in [0.5, 0.6) is 5.75 Å². The Bertz CT molecular complexity index is 1140. The van der Waals surface area contributed by atoms with E-state index in [0.717, 1.165) is 18.8 Å². The second-order valence-electron chi connectivity index (χ2n) is 10.0. The van der Waals surface area contributed by atoms with Crippen LogP contribution < -0.4 is 10.1 Å². The summed E-state index contributed by atoms with van der Waals surface area (Å²) < 4.78 is 39.0. The van der Waals surface area contributed by atoms with Gasteiger partial charge in [0.15, 0.2) is 5.78 Å². The number of ether oxygens (including phenoxy) is 2. The highest BCUT2D eigenvalue weighted by Gasteiger charge is 2.32. The Kier molecular flexibility index (Phi) is 9.36. The summed E-state index contributed by atoms with van der Waals surface area (Å²) in [5.74, 6) is 0.688. The summed E-state index contributed by atoms with van der Waals surface area (Å²) >= 11 is 0. The fraction of sp³-hybridized carbons (Fsp3) is 0.536. The second-order valence-corrected chi connectivity index (χ2v) is 12.0. The number of rotatable bonds is 10. The first-order valence-electron chi connectivity index (χ1n) is 13.2. The molecule has 2 aromatic carbocycles. The van der Waals surface area contributed by atoms with Gasteiger partial charge in [0.2, 0.25) is 10.0 Å². The van der Waals surface area contributed by atoms with Gasteiger partial charge in [0.05, 0.1) is 30.8 Å². The Morgan fingerprint density at radius 3 is 2.38 bits per heavy atom. The fourth-order valence-electron chi connectivity index (χ4n) is 5.24. The lowest BCUT2D eigenvalue weighted by Gasteiger charge is -2.35. The normalized spacial score (nSPS) is 22.5. The standard InChI is InChI=1S/C28H39N3O5S/c1-21-19-31(20-22(2)36-21)37(33,34)26-9-7-8-24(16-26)28(32)18-29-17-27(30-14-5-4-6-15-30)23-10-12-25(35-3)13-11-23/h7-13,16,21-22,27,29H,4-6,14-15,17-20H2,1-3H3. The maximum absolute atomic E-state index is 13.3. The van der Waals surface area contributed by atoms with Crippen LogP contribution >= 0.6 is 0 Å². The topological polar surface area (TPSA) is 88.2 Å². The number of nitrogens with zero attached hydrogens (tertiary/aromatic N) is 2. The van der Waals surface area contributed by atoms with Gasteiger partial charge in [0.1, 0.15) is 5.75 Å². The third-order valence-corrected chi connectivity index (χ3v) is 8.96. The average Bonchev–Trinajstić information content (AvgIpc) is 2.91. The Hall–Kier alpha value is -2.30. The van der Waals surface area contributed by atoms with Gasteiger partial charge in [-0.15, -0.1) is 0 Å². The van der Waals surface area contributed by atoms with Crippen LogP contribution in [-0.2, 0) is 14.8 Å². The van der Waals surface area contributed by atoms with E-state index in [2.05, 4.69) is 22.3 Å². The van der Waals surface area contributed by atoms with Gasteiger partial charge in [-0.3, -0.25) is 9.69 Å². The smallest absolute Gasteiger partial charge is 0.243 e. The monoisotopic (exact) mass is 529 g/mol. The molecule has 0 saturated carbocycles. The van der Waals surface area contributed by atoms with E-state index >= 15 is 0 Å². The first-order valence-corrected chi connectivity index (χ1v) is 14.6. The second kappa shape index (κ2) is 12.5. The molecule has 2 aromatic rings. The van der Waals surface area contributed by atoms with Gasteiger partial charge in [0.25, 0.3) is 0 Å². The molecule has 0 bridgehead atoms. The van der Waals surface area contributed by atoms with E-state index in [1.165, 1.54) is 35.2 Å². The number of sulfonamides is 1. The highest BCUT2D eigenvalue weighted by Crippen LogP contribution is 2.26. The number of carbonyl (C=O) groups excluding carboxylic acids is 1. The predicted octanol–water partition coefficient (Wildman–Crippen LogP) is 3.49. The number of methoxy groups -OCH3 is 1. The summed E-state index contributed by atoms with van der Waals surface area (Å²) in [6, 6.07) is 14.6. The Balaban J connectivity index is 1.42. The van der Waals surface area contributed by atoms with E-state index < -0.39 is 10.0 Å². The molecule has 202 valence electrons. The first-order chi connectivity index (χ1) is 17.8. The lowest BCUT2D eigenvalue weighted by Crippen LogP contribution is -2.48. The number of benzene rings is 2. The number of piperidine rings is 1. The van der Waals surface area contributed by atoms with Crippen LogP contribution in [0.25, 0.3) is 0 Å². The Morgan fingerprint density at radius 2 is 1.73 bits per heavy atom. The van der Waals surface area contributed by atoms with Crippen molar-refractivity contribution < 1.29 is 22.7 Å². The SMILES string of the molecule is COc1ccc(C(CNCC(=O)c2cccc(S(=O)(=O)N3CC(C)OC(C)C3)c2)N2CCCCC2)cc1. The third-order valence-electron chi connectivity index (χ3n) is 7.14. The molecule has 1 N–H and O–H groups in total. The molecule has 4 rings (SSSR count). The van der Waals surface area contributed by atoms with Crippen LogP contribution in [0.1, 0.15) is 55.1 Å². The van der Waals surface area contributed by atoms with Crippen LogP contribution in [0, 0.1) is 0 Å². The van der Waals surface area contributed by atoms with Crippen molar-refractivity contribution in [1.29, 1.82) is 0 Å². The number of carbonyl (C=O) groups is 1. The van der Waals surface area contributed by atoms with Gasteiger partial charge < -0.3 is 14.8 Å². The van der Waals surface area contributed by atoms with Crippen LogP contribution in [0.15, 0.2) is 53.4 Å². The summed E-state index contributed by atoms with van der Waals surface area (Å²) in [6.45, 7) is 7.16. The van der Waals surface area contributed by atoms with Crippen LogP contribution in [-0.4, -0.2) is 82.0 Å². The van der Waals surface area contributed by atoms with Crippen molar-refractivity contribution in [3.63, 3.8) is 0 Å². The molecule has 37 heavy (non-hydrogen) atoms. The predicted molar refractivity (Wildman–Crippen MR) is 144 cm³/mol. The zero-order valence-electron chi connectivity index (χ0n) is 22.1. The molecule has 0 spiro atoms. The minimum atomic E-state index is -3.71. The van der Waals surface area contributed by atoms with E-state index in [1.54, 1.807) is 25.3 Å². The molecular formula is C28H39N3O5S. The number of nitrogens with one attached hydrogen (secondary N) is 1. The molecule has 0 radical (unpaired) electrons. The Morgan fingerprint density at radius 1 is 1.05 bits per heavy atom. The molecule has 3 unspecified atom stereocenters. The minimum absolute atomic E-state index is 0.132.